The summed E-state index contributed by atoms with van der Waals surface area (Å²) in [5.41, 5.74) is 4.27. The Morgan fingerprint density at radius 3 is 2.80 bits per heavy atom. The van der Waals surface area contributed by atoms with Gasteiger partial charge in [0, 0.05) is 12.7 Å². The van der Waals surface area contributed by atoms with Crippen LogP contribution >= 0.6 is 0 Å². The molecule has 0 spiro atoms. The van der Waals surface area contributed by atoms with Gasteiger partial charge in [-0.3, -0.25) is 0 Å². The lowest BCUT2D eigenvalue weighted by Crippen LogP contribution is -1.98. The van der Waals surface area contributed by atoms with Crippen LogP contribution in [0.25, 0.3) is 11.0 Å². The van der Waals surface area contributed by atoms with Gasteiger partial charge in [-0.2, -0.15) is 0 Å². The maximum atomic E-state index is 5.78. The van der Waals surface area contributed by atoms with Gasteiger partial charge in [0.15, 0.2) is 0 Å². The first-order valence-corrected chi connectivity index (χ1v) is 6.61. The summed E-state index contributed by atoms with van der Waals surface area (Å²) < 4.78 is 5.78. The summed E-state index contributed by atoms with van der Waals surface area (Å²) in [6.45, 7) is 2.49. The van der Waals surface area contributed by atoms with Crippen LogP contribution < -0.4 is 10.1 Å². The Labute approximate surface area is 117 Å². The van der Waals surface area contributed by atoms with Gasteiger partial charge in [-0.1, -0.05) is 12.1 Å². The number of ether oxygens (including phenoxy) is 1. The number of aromatic nitrogens is 2. The molecule has 20 heavy (non-hydrogen) atoms. The Bertz CT molecular complexity index is 700. The molecule has 0 saturated heterocycles. The number of anilines is 1. The minimum Gasteiger partial charge on any atom is -0.486 e. The number of H-pyrrole nitrogens is 1. The fourth-order valence-corrected chi connectivity index (χ4v) is 2.23. The van der Waals surface area contributed by atoms with Crippen molar-refractivity contribution in [1.82, 2.24) is 9.97 Å². The Kier molecular flexibility index (Phi) is 3.29. The number of benzene rings is 2. The predicted octanol–water partition coefficient (Wildman–Crippen LogP) is 3.49. The van der Waals surface area contributed by atoms with Crippen molar-refractivity contribution in [2.24, 2.45) is 0 Å². The minimum absolute atomic E-state index is 0.438. The Morgan fingerprint density at radius 1 is 1.20 bits per heavy atom. The molecular formula is C16H17N3O. The second kappa shape index (κ2) is 5.25. The number of aromatic amines is 1. The largest absolute Gasteiger partial charge is 0.486 e. The van der Waals surface area contributed by atoms with Crippen molar-refractivity contribution < 1.29 is 4.74 Å². The summed E-state index contributed by atoms with van der Waals surface area (Å²) in [5, 5.41) is 3.14. The molecular weight excluding hydrogens is 250 g/mol. The highest BCUT2D eigenvalue weighted by atomic mass is 16.5. The van der Waals surface area contributed by atoms with E-state index in [-0.39, 0.29) is 0 Å². The smallest absolute Gasteiger partial charge is 0.146 e. The van der Waals surface area contributed by atoms with Gasteiger partial charge < -0.3 is 15.0 Å². The third-order valence-corrected chi connectivity index (χ3v) is 3.28. The predicted molar refractivity (Wildman–Crippen MR) is 81.2 cm³/mol. The van der Waals surface area contributed by atoms with E-state index < -0.39 is 0 Å². The summed E-state index contributed by atoms with van der Waals surface area (Å²) >= 11 is 0. The number of hydrogen-bond acceptors (Lipinski definition) is 3. The zero-order valence-corrected chi connectivity index (χ0v) is 11.6. The highest BCUT2D eigenvalue weighted by Crippen LogP contribution is 2.21. The van der Waals surface area contributed by atoms with Crippen LogP contribution in [0.1, 0.15) is 11.4 Å². The minimum atomic E-state index is 0.438. The van der Waals surface area contributed by atoms with Gasteiger partial charge in [0.1, 0.15) is 18.2 Å². The van der Waals surface area contributed by atoms with Crippen molar-refractivity contribution in [3.05, 3.63) is 53.9 Å². The lowest BCUT2D eigenvalue weighted by atomic mass is 10.2. The first kappa shape index (κ1) is 12.5. The summed E-state index contributed by atoms with van der Waals surface area (Å²) in [4.78, 5) is 7.75. The zero-order chi connectivity index (χ0) is 13.9. The molecule has 0 atom stereocenters. The van der Waals surface area contributed by atoms with E-state index >= 15 is 0 Å². The second-order valence-electron chi connectivity index (χ2n) is 4.72. The molecule has 2 N–H and O–H groups in total. The number of aryl methyl sites for hydroxylation is 1. The van der Waals surface area contributed by atoms with Crippen LogP contribution in [-0.2, 0) is 6.61 Å². The summed E-state index contributed by atoms with van der Waals surface area (Å²) in [6.07, 6.45) is 0. The van der Waals surface area contributed by atoms with Crippen LogP contribution in [0.2, 0.25) is 0 Å². The fraction of sp³-hybridized carbons (Fsp3) is 0.188. The van der Waals surface area contributed by atoms with Gasteiger partial charge in [-0.25, -0.2) is 4.98 Å². The molecule has 3 rings (SSSR count). The van der Waals surface area contributed by atoms with Crippen LogP contribution in [0.5, 0.6) is 5.75 Å². The highest BCUT2D eigenvalue weighted by molar-refractivity contribution is 5.74. The van der Waals surface area contributed by atoms with E-state index in [4.69, 9.17) is 4.74 Å². The van der Waals surface area contributed by atoms with E-state index in [9.17, 15) is 0 Å². The standard InChI is InChI=1S/C16H17N3O/c1-11-9-12(7-8-13(11)17-2)20-10-16-18-14-5-3-4-6-15(14)19-16/h3-9,17H,10H2,1-2H3,(H,18,19). The maximum absolute atomic E-state index is 5.78. The van der Waals surface area contributed by atoms with E-state index in [1.165, 1.54) is 0 Å². The van der Waals surface area contributed by atoms with Gasteiger partial charge in [0.25, 0.3) is 0 Å². The second-order valence-corrected chi connectivity index (χ2v) is 4.72. The summed E-state index contributed by atoms with van der Waals surface area (Å²) in [5.74, 6) is 1.68. The fourth-order valence-electron chi connectivity index (χ4n) is 2.23. The monoisotopic (exact) mass is 267 g/mol. The van der Waals surface area contributed by atoms with Crippen molar-refractivity contribution in [3.63, 3.8) is 0 Å². The quantitative estimate of drug-likeness (QED) is 0.760. The Balaban J connectivity index is 1.74. The number of fused-ring (bicyclic) bond motifs is 1. The normalized spacial score (nSPS) is 10.7. The van der Waals surface area contributed by atoms with E-state index in [2.05, 4.69) is 22.2 Å². The Morgan fingerprint density at radius 2 is 2.05 bits per heavy atom. The number of hydrogen-bond donors (Lipinski definition) is 2. The van der Waals surface area contributed by atoms with E-state index in [1.54, 1.807) is 0 Å². The molecule has 1 aromatic heterocycles. The number of imidazole rings is 1. The van der Waals surface area contributed by atoms with Crippen molar-refractivity contribution in [3.8, 4) is 5.75 Å². The molecule has 0 radical (unpaired) electrons. The molecule has 0 amide bonds. The third kappa shape index (κ3) is 2.45. The first-order valence-electron chi connectivity index (χ1n) is 6.61. The summed E-state index contributed by atoms with van der Waals surface area (Å²) in [7, 11) is 1.91. The molecule has 0 aliphatic rings. The van der Waals surface area contributed by atoms with Gasteiger partial charge >= 0.3 is 0 Å². The van der Waals surface area contributed by atoms with E-state index in [0.29, 0.717) is 6.61 Å². The van der Waals surface area contributed by atoms with Crippen LogP contribution in [-0.4, -0.2) is 17.0 Å². The maximum Gasteiger partial charge on any atom is 0.146 e. The van der Waals surface area contributed by atoms with Crippen molar-refractivity contribution >= 4 is 16.7 Å². The molecule has 0 aliphatic heterocycles. The van der Waals surface area contributed by atoms with Crippen molar-refractivity contribution in [2.45, 2.75) is 13.5 Å². The lowest BCUT2D eigenvalue weighted by Gasteiger charge is -2.08. The number of nitrogens with zero attached hydrogens (tertiary/aromatic N) is 1. The zero-order valence-electron chi connectivity index (χ0n) is 11.6. The van der Waals surface area contributed by atoms with Gasteiger partial charge in [0.2, 0.25) is 0 Å². The topological polar surface area (TPSA) is 49.9 Å². The average Bonchev–Trinajstić information content (AvgIpc) is 2.88. The highest BCUT2D eigenvalue weighted by Gasteiger charge is 2.04. The van der Waals surface area contributed by atoms with Gasteiger partial charge in [-0.05, 0) is 42.8 Å². The van der Waals surface area contributed by atoms with Crippen molar-refractivity contribution in [2.75, 3.05) is 12.4 Å². The molecule has 102 valence electrons. The van der Waals surface area contributed by atoms with Gasteiger partial charge in [-0.15, -0.1) is 0 Å². The van der Waals surface area contributed by atoms with Gasteiger partial charge in [0.05, 0.1) is 11.0 Å². The van der Waals surface area contributed by atoms with Crippen LogP contribution in [0, 0.1) is 6.92 Å². The molecule has 0 fully saturated rings. The molecule has 3 aromatic rings. The molecule has 4 heteroatoms. The molecule has 4 nitrogen and oxygen atoms in total. The van der Waals surface area contributed by atoms with Crippen LogP contribution in [0.15, 0.2) is 42.5 Å². The SMILES string of the molecule is CNc1ccc(OCc2nc3ccccc3[nH]2)cc1C. The molecule has 0 saturated carbocycles. The number of para-hydroxylation sites is 2. The first-order chi connectivity index (χ1) is 9.76. The van der Waals surface area contributed by atoms with E-state index in [1.807, 2.05) is 49.5 Å². The van der Waals surface area contributed by atoms with Crippen molar-refractivity contribution in [1.29, 1.82) is 0 Å². The third-order valence-electron chi connectivity index (χ3n) is 3.28. The van der Waals surface area contributed by atoms with Crippen LogP contribution in [0.3, 0.4) is 0 Å². The molecule has 2 aromatic carbocycles. The molecule has 0 unspecified atom stereocenters. The number of nitrogens with one attached hydrogen (secondary N) is 2. The lowest BCUT2D eigenvalue weighted by molar-refractivity contribution is 0.297. The number of rotatable bonds is 4. The average molecular weight is 267 g/mol. The Hall–Kier alpha value is -2.49. The van der Waals surface area contributed by atoms with Crippen LogP contribution in [0.4, 0.5) is 5.69 Å². The molecule has 0 bridgehead atoms. The van der Waals surface area contributed by atoms with E-state index in [0.717, 1.165) is 33.9 Å². The summed E-state index contributed by atoms with van der Waals surface area (Å²) in [6, 6.07) is 14.0. The molecule has 0 aliphatic carbocycles. The molecule has 1 heterocycles.